The lowest BCUT2D eigenvalue weighted by Crippen LogP contribution is -2.30. The lowest BCUT2D eigenvalue weighted by Gasteiger charge is -2.13. The van der Waals surface area contributed by atoms with E-state index in [1.165, 1.54) is 18.2 Å². The van der Waals surface area contributed by atoms with E-state index in [-0.39, 0.29) is 35.7 Å². The topological polar surface area (TPSA) is 146 Å². The number of fused-ring (bicyclic) bond motifs is 2. The lowest BCUT2D eigenvalue weighted by molar-refractivity contribution is -0.384. The molecule has 1 aromatic heterocycles. The zero-order valence-electron chi connectivity index (χ0n) is 18.4. The molecule has 2 aromatic carbocycles. The molecule has 0 atom stereocenters. The van der Waals surface area contributed by atoms with E-state index < -0.39 is 33.9 Å². The summed E-state index contributed by atoms with van der Waals surface area (Å²) in [6.45, 7) is 3.45. The highest BCUT2D eigenvalue weighted by Gasteiger charge is 2.38. The third-order valence-electron chi connectivity index (χ3n) is 4.91. The number of imide groups is 1. The largest absolute Gasteiger partial charge is 0.465 e. The number of aromatic nitrogens is 1. The first-order chi connectivity index (χ1) is 16.7. The van der Waals surface area contributed by atoms with Crippen LogP contribution in [0.1, 0.15) is 34.6 Å². The fourth-order valence-electron chi connectivity index (χ4n) is 3.39. The molecule has 2 heterocycles. The first-order valence-corrected chi connectivity index (χ1v) is 12.0. The number of hydrogen-bond donors (Lipinski definition) is 0. The van der Waals surface area contributed by atoms with Gasteiger partial charge in [0.15, 0.2) is 4.34 Å². The second-order valence-electron chi connectivity index (χ2n) is 7.07. The number of ether oxygens (including phenoxy) is 2. The summed E-state index contributed by atoms with van der Waals surface area (Å²) in [5.41, 5.74) is 0.535. The Bertz CT molecular complexity index is 1370. The second-order valence-corrected chi connectivity index (χ2v) is 9.45. The number of anilines is 1. The smallest absolute Gasteiger partial charge is 0.331 e. The minimum absolute atomic E-state index is 0.0449. The van der Waals surface area contributed by atoms with Crippen LogP contribution < -0.4 is 4.90 Å². The van der Waals surface area contributed by atoms with Crippen molar-refractivity contribution < 1.29 is 33.6 Å². The lowest BCUT2D eigenvalue weighted by atomic mass is 10.1. The number of hydrogen-bond acceptors (Lipinski definition) is 11. The number of amides is 2. The maximum Gasteiger partial charge on any atom is 0.331 e. The van der Waals surface area contributed by atoms with Gasteiger partial charge in [-0.25, -0.2) is 9.88 Å². The van der Waals surface area contributed by atoms with Crippen LogP contribution in [0.4, 0.5) is 11.4 Å². The number of rotatable bonds is 8. The van der Waals surface area contributed by atoms with Crippen LogP contribution in [0.2, 0.25) is 0 Å². The number of carbonyl (C=O) groups is 4. The highest BCUT2D eigenvalue weighted by Crippen LogP contribution is 2.37. The van der Waals surface area contributed by atoms with Crippen LogP contribution in [0.5, 0.6) is 0 Å². The van der Waals surface area contributed by atoms with Crippen molar-refractivity contribution in [2.45, 2.75) is 23.4 Å². The van der Waals surface area contributed by atoms with Crippen LogP contribution in [0, 0.1) is 10.1 Å². The Hall–Kier alpha value is -3.84. The number of esters is 2. The number of benzene rings is 2. The third kappa shape index (κ3) is 4.59. The molecule has 0 aliphatic carbocycles. The van der Waals surface area contributed by atoms with Gasteiger partial charge in [0, 0.05) is 12.1 Å². The van der Waals surface area contributed by atoms with Gasteiger partial charge in [-0.3, -0.25) is 29.3 Å². The molecule has 1 aliphatic heterocycles. The summed E-state index contributed by atoms with van der Waals surface area (Å²) in [6.07, 6.45) is 0. The highest BCUT2D eigenvalue weighted by atomic mass is 32.2. The molecule has 180 valence electrons. The van der Waals surface area contributed by atoms with E-state index >= 15 is 0 Å². The zero-order valence-corrected chi connectivity index (χ0v) is 20.0. The molecule has 1 aliphatic rings. The molecule has 11 nitrogen and oxygen atoms in total. The van der Waals surface area contributed by atoms with Gasteiger partial charge in [0.05, 0.1) is 45.2 Å². The van der Waals surface area contributed by atoms with E-state index in [0.29, 0.717) is 14.6 Å². The average Bonchev–Trinajstić information content (AvgIpc) is 3.34. The molecule has 4 rings (SSSR count). The first kappa shape index (κ1) is 24.3. The summed E-state index contributed by atoms with van der Waals surface area (Å²) in [7, 11) is 0. The Morgan fingerprint density at radius 1 is 1.06 bits per heavy atom. The molecule has 35 heavy (non-hydrogen) atoms. The van der Waals surface area contributed by atoms with Gasteiger partial charge in [-0.15, -0.1) is 11.3 Å². The molecule has 0 spiro atoms. The SMILES string of the molecule is CCOC(=O)C(Sc1nc2ccc(N3C(=O)c4ccc([N+](=O)[O-])cc4C3=O)cc2s1)C(=O)OCC. The first-order valence-electron chi connectivity index (χ1n) is 10.3. The Morgan fingerprint density at radius 2 is 1.71 bits per heavy atom. The van der Waals surface area contributed by atoms with Gasteiger partial charge in [-0.1, -0.05) is 11.8 Å². The number of nitro benzene ring substituents is 1. The van der Waals surface area contributed by atoms with Crippen LogP contribution in [-0.2, 0) is 19.1 Å². The number of non-ortho nitro benzene ring substituents is 1. The predicted molar refractivity (Wildman–Crippen MR) is 127 cm³/mol. The van der Waals surface area contributed by atoms with E-state index in [1.54, 1.807) is 26.0 Å². The monoisotopic (exact) mass is 515 g/mol. The third-order valence-corrected chi connectivity index (χ3v) is 7.18. The highest BCUT2D eigenvalue weighted by molar-refractivity contribution is 8.03. The standard InChI is InChI=1S/C22H17N3O8S2/c1-3-32-20(28)17(21(29)33-4-2)35-22-23-15-8-6-11(10-16(15)34-22)24-18(26)13-7-5-12(25(30)31)9-14(13)19(24)27/h5-10,17H,3-4H2,1-2H3. The Labute approximate surface area is 206 Å². The number of nitrogens with zero attached hydrogens (tertiary/aromatic N) is 3. The van der Waals surface area contributed by atoms with Crippen LogP contribution in [-0.4, -0.2) is 52.1 Å². The summed E-state index contributed by atoms with van der Waals surface area (Å²) in [4.78, 5) is 66.1. The number of nitro groups is 1. The molecule has 0 radical (unpaired) electrons. The van der Waals surface area contributed by atoms with Gasteiger partial charge in [0.25, 0.3) is 17.5 Å². The summed E-state index contributed by atoms with van der Waals surface area (Å²) >= 11 is 2.05. The van der Waals surface area contributed by atoms with E-state index in [0.717, 1.165) is 34.1 Å². The van der Waals surface area contributed by atoms with Gasteiger partial charge < -0.3 is 9.47 Å². The zero-order chi connectivity index (χ0) is 25.3. The van der Waals surface area contributed by atoms with E-state index in [9.17, 15) is 29.3 Å². The van der Waals surface area contributed by atoms with Crippen molar-refractivity contribution in [3.8, 4) is 0 Å². The molecular weight excluding hydrogens is 498 g/mol. The molecule has 0 bridgehead atoms. The molecule has 3 aromatic rings. The molecule has 0 fully saturated rings. The fourth-order valence-corrected chi connectivity index (χ4v) is 5.55. The number of thioether (sulfide) groups is 1. The molecule has 0 saturated heterocycles. The van der Waals surface area contributed by atoms with Gasteiger partial charge in [-0.2, -0.15) is 0 Å². The maximum absolute atomic E-state index is 12.9. The number of thiazole rings is 1. The Morgan fingerprint density at radius 3 is 2.34 bits per heavy atom. The van der Waals surface area contributed by atoms with Crippen LogP contribution in [0.3, 0.4) is 0 Å². The van der Waals surface area contributed by atoms with Crippen LogP contribution in [0.15, 0.2) is 40.7 Å². The van der Waals surface area contributed by atoms with Crippen molar-refractivity contribution in [1.29, 1.82) is 0 Å². The molecule has 0 N–H and O–H groups in total. The predicted octanol–water partition coefficient (Wildman–Crippen LogP) is 3.59. The molecule has 0 saturated carbocycles. The molecular formula is C22H17N3O8S2. The quantitative estimate of drug-likeness (QED) is 0.109. The molecule has 2 amide bonds. The van der Waals surface area contributed by atoms with Crippen molar-refractivity contribution in [3.05, 3.63) is 57.6 Å². The second kappa shape index (κ2) is 9.80. The molecule has 0 unspecified atom stereocenters. The van der Waals surface area contributed by atoms with Crippen molar-refractivity contribution in [2.75, 3.05) is 18.1 Å². The Kier molecular flexibility index (Phi) is 6.80. The summed E-state index contributed by atoms with van der Waals surface area (Å²) in [6, 6.07) is 8.23. The average molecular weight is 516 g/mol. The van der Waals surface area contributed by atoms with Gasteiger partial charge in [0.2, 0.25) is 5.25 Å². The Balaban J connectivity index is 1.63. The number of carbonyl (C=O) groups excluding carboxylic acids is 4. The molecule has 13 heteroatoms. The van der Waals surface area contributed by atoms with Gasteiger partial charge in [0.1, 0.15) is 0 Å². The normalized spacial score (nSPS) is 12.8. The summed E-state index contributed by atoms with van der Waals surface area (Å²) < 4.78 is 10.9. The van der Waals surface area contributed by atoms with Crippen molar-refractivity contribution in [2.24, 2.45) is 0 Å². The van der Waals surface area contributed by atoms with Crippen LogP contribution >= 0.6 is 23.1 Å². The summed E-state index contributed by atoms with van der Waals surface area (Å²) in [5, 5.41) is 9.80. The fraction of sp³-hybridized carbons (Fsp3) is 0.227. The van der Waals surface area contributed by atoms with E-state index in [1.807, 2.05) is 0 Å². The van der Waals surface area contributed by atoms with Gasteiger partial charge in [-0.05, 0) is 38.1 Å². The van der Waals surface area contributed by atoms with Crippen LogP contribution in [0.25, 0.3) is 10.2 Å². The summed E-state index contributed by atoms with van der Waals surface area (Å²) in [5.74, 6) is -2.74. The van der Waals surface area contributed by atoms with E-state index in [2.05, 4.69) is 4.98 Å². The van der Waals surface area contributed by atoms with Crippen molar-refractivity contribution in [1.82, 2.24) is 4.98 Å². The minimum atomic E-state index is -1.25. The van der Waals surface area contributed by atoms with Crippen molar-refractivity contribution >= 4 is 68.4 Å². The maximum atomic E-state index is 12.9. The van der Waals surface area contributed by atoms with Crippen molar-refractivity contribution in [3.63, 3.8) is 0 Å². The van der Waals surface area contributed by atoms with Gasteiger partial charge >= 0.3 is 11.9 Å². The minimum Gasteiger partial charge on any atom is -0.465 e. The van der Waals surface area contributed by atoms with E-state index in [4.69, 9.17) is 9.47 Å².